The second-order valence-corrected chi connectivity index (χ2v) is 4.91. The number of carbonyl (C=O) groups is 2. The predicted molar refractivity (Wildman–Crippen MR) is 86.3 cm³/mol. The van der Waals surface area contributed by atoms with Crippen LogP contribution in [0.2, 0.25) is 0 Å². The fraction of sp³-hybridized carbons (Fsp3) is 0. The summed E-state index contributed by atoms with van der Waals surface area (Å²) in [6.45, 7) is 0. The van der Waals surface area contributed by atoms with Crippen LogP contribution in [0.5, 0.6) is 0 Å². The van der Waals surface area contributed by atoms with Gasteiger partial charge in [-0.05, 0) is 24.3 Å². The van der Waals surface area contributed by atoms with Crippen LogP contribution in [0.1, 0.15) is 21.1 Å². The van der Waals surface area contributed by atoms with Gasteiger partial charge in [-0.25, -0.2) is 9.59 Å². The van der Waals surface area contributed by atoms with Gasteiger partial charge < -0.3 is 19.0 Å². The van der Waals surface area contributed by atoms with Crippen molar-refractivity contribution < 1.29 is 45.7 Å². The van der Waals surface area contributed by atoms with E-state index in [2.05, 4.69) is 0 Å². The minimum Gasteiger partial charge on any atom is -0.475 e. The zero-order valence-corrected chi connectivity index (χ0v) is 13.5. The van der Waals surface area contributed by atoms with Gasteiger partial charge in [-0.15, -0.1) is 0 Å². The molecule has 6 nitrogen and oxygen atoms in total. The van der Waals surface area contributed by atoms with Crippen LogP contribution in [-0.2, 0) is 17.1 Å². The smallest absolute Gasteiger partial charge is 0.371 e. The number of furan rings is 2. The second kappa shape index (κ2) is 7.70. The Morgan fingerprint density at radius 2 is 1.04 bits per heavy atom. The van der Waals surface area contributed by atoms with Crippen molar-refractivity contribution >= 4 is 33.9 Å². The molecule has 0 fully saturated rings. The van der Waals surface area contributed by atoms with Crippen molar-refractivity contribution in [1.29, 1.82) is 0 Å². The van der Waals surface area contributed by atoms with Gasteiger partial charge in [-0.2, -0.15) is 0 Å². The Balaban J connectivity index is 0.000000173. The van der Waals surface area contributed by atoms with Crippen LogP contribution in [0.3, 0.4) is 0 Å². The Bertz CT molecular complexity index is 880. The number of benzene rings is 2. The molecule has 0 amide bonds. The van der Waals surface area contributed by atoms with Gasteiger partial charge in [0, 0.05) is 27.8 Å². The van der Waals surface area contributed by atoms with E-state index in [0.29, 0.717) is 11.2 Å². The summed E-state index contributed by atoms with van der Waals surface area (Å²) in [4.78, 5) is 21.0. The van der Waals surface area contributed by atoms with E-state index in [1.54, 1.807) is 24.3 Å². The summed E-state index contributed by atoms with van der Waals surface area (Å²) in [7, 11) is 0. The van der Waals surface area contributed by atoms with E-state index in [1.165, 1.54) is 12.1 Å². The van der Waals surface area contributed by atoms with E-state index < -0.39 is 11.9 Å². The molecule has 0 atom stereocenters. The quantitative estimate of drug-likeness (QED) is 0.498. The molecule has 0 saturated heterocycles. The van der Waals surface area contributed by atoms with Crippen LogP contribution in [-0.4, -0.2) is 22.2 Å². The molecule has 2 heterocycles. The molecular weight excluding hydrogens is 376 g/mol. The van der Waals surface area contributed by atoms with Gasteiger partial charge in [-0.1, -0.05) is 36.4 Å². The maximum absolute atomic E-state index is 10.5. The van der Waals surface area contributed by atoms with Gasteiger partial charge >= 0.3 is 11.9 Å². The first-order valence-corrected chi connectivity index (χ1v) is 6.98. The maximum atomic E-state index is 10.5. The Morgan fingerprint density at radius 3 is 1.36 bits per heavy atom. The molecule has 4 aromatic rings. The number of carboxylic acid groups (broad SMARTS) is 2. The van der Waals surface area contributed by atoms with Crippen molar-refractivity contribution in [2.24, 2.45) is 0 Å². The Kier molecular flexibility index (Phi) is 5.64. The monoisotopic (exact) mass is 387 g/mol. The second-order valence-electron chi connectivity index (χ2n) is 4.91. The molecule has 1 radical (unpaired) electrons. The minimum atomic E-state index is -1.04. The van der Waals surface area contributed by atoms with E-state index >= 15 is 0 Å². The van der Waals surface area contributed by atoms with Crippen LogP contribution in [0.15, 0.2) is 69.5 Å². The third kappa shape index (κ3) is 4.09. The zero-order valence-electron chi connectivity index (χ0n) is 12.6. The van der Waals surface area contributed by atoms with Crippen molar-refractivity contribution in [1.82, 2.24) is 0 Å². The third-order valence-electron chi connectivity index (χ3n) is 3.27. The van der Waals surface area contributed by atoms with Crippen LogP contribution in [0.4, 0.5) is 0 Å². The average Bonchev–Trinajstić information content (AvgIpc) is 3.19. The standard InChI is InChI=1S/2C9H6O3.Cu/c2*10-9(11)8-5-6-3-1-2-4-7(6)12-8;/h2*1-5H,(H,10,11);. The Labute approximate surface area is 152 Å². The van der Waals surface area contributed by atoms with E-state index in [1.807, 2.05) is 24.3 Å². The van der Waals surface area contributed by atoms with E-state index in [9.17, 15) is 9.59 Å². The number of rotatable bonds is 2. The van der Waals surface area contributed by atoms with Gasteiger partial charge in [0.15, 0.2) is 0 Å². The topological polar surface area (TPSA) is 101 Å². The summed E-state index contributed by atoms with van der Waals surface area (Å²) in [6.07, 6.45) is 0. The van der Waals surface area contributed by atoms with Crippen LogP contribution >= 0.6 is 0 Å². The number of hydrogen-bond donors (Lipinski definition) is 2. The van der Waals surface area contributed by atoms with E-state index in [4.69, 9.17) is 19.0 Å². The van der Waals surface area contributed by atoms with Crippen molar-refractivity contribution in [3.8, 4) is 0 Å². The number of carboxylic acids is 2. The van der Waals surface area contributed by atoms with Gasteiger partial charge in [0.1, 0.15) is 11.2 Å². The molecule has 0 saturated carbocycles. The molecule has 25 heavy (non-hydrogen) atoms. The summed E-state index contributed by atoms with van der Waals surface area (Å²) in [6, 6.07) is 17.4. The molecule has 2 N–H and O–H groups in total. The first-order valence-electron chi connectivity index (χ1n) is 6.98. The summed E-state index contributed by atoms with van der Waals surface area (Å²) < 4.78 is 10.1. The average molecular weight is 388 g/mol. The zero-order chi connectivity index (χ0) is 17.1. The molecule has 0 spiro atoms. The Morgan fingerprint density at radius 1 is 0.680 bits per heavy atom. The van der Waals surface area contributed by atoms with Crippen molar-refractivity contribution in [3.05, 3.63) is 72.2 Å². The fourth-order valence-electron chi connectivity index (χ4n) is 2.17. The molecule has 7 heteroatoms. The van der Waals surface area contributed by atoms with Crippen molar-refractivity contribution in [3.63, 3.8) is 0 Å². The van der Waals surface area contributed by atoms with Crippen molar-refractivity contribution in [2.75, 3.05) is 0 Å². The molecule has 0 unspecified atom stereocenters. The molecule has 0 bridgehead atoms. The molecule has 4 rings (SSSR count). The van der Waals surface area contributed by atoms with Crippen LogP contribution in [0.25, 0.3) is 21.9 Å². The van der Waals surface area contributed by atoms with Crippen LogP contribution < -0.4 is 0 Å². The number of para-hydroxylation sites is 2. The molecule has 2 aromatic heterocycles. The minimum absolute atomic E-state index is 0. The largest absolute Gasteiger partial charge is 0.475 e. The maximum Gasteiger partial charge on any atom is 0.371 e. The van der Waals surface area contributed by atoms with Gasteiger partial charge in [0.25, 0.3) is 0 Å². The molecular formula is C18H12CuO6. The third-order valence-corrected chi connectivity index (χ3v) is 3.27. The van der Waals surface area contributed by atoms with Gasteiger partial charge in [0.05, 0.1) is 0 Å². The van der Waals surface area contributed by atoms with E-state index in [-0.39, 0.29) is 28.6 Å². The SMILES string of the molecule is O=C(O)c1cc2ccccc2o1.O=C(O)c1cc2ccccc2o1.[Cu]. The predicted octanol–water partition coefficient (Wildman–Crippen LogP) is 4.26. The number of fused-ring (bicyclic) bond motifs is 2. The van der Waals surface area contributed by atoms with Crippen LogP contribution in [0, 0.1) is 0 Å². The fourth-order valence-corrected chi connectivity index (χ4v) is 2.17. The molecule has 0 aliphatic rings. The van der Waals surface area contributed by atoms with Gasteiger partial charge in [-0.3, -0.25) is 0 Å². The molecule has 0 aliphatic carbocycles. The normalized spacial score (nSPS) is 9.92. The van der Waals surface area contributed by atoms with E-state index in [0.717, 1.165) is 10.8 Å². The first kappa shape index (κ1) is 18.3. The van der Waals surface area contributed by atoms with Gasteiger partial charge in [0.2, 0.25) is 11.5 Å². The summed E-state index contributed by atoms with van der Waals surface area (Å²) in [5, 5.41) is 18.8. The number of aromatic carboxylic acids is 2. The number of hydrogen-bond acceptors (Lipinski definition) is 4. The Hall–Kier alpha value is -3.02. The molecule has 2 aromatic carbocycles. The van der Waals surface area contributed by atoms with Crippen molar-refractivity contribution in [2.45, 2.75) is 0 Å². The summed E-state index contributed by atoms with van der Waals surface area (Å²) in [5.41, 5.74) is 1.21. The molecule has 0 aliphatic heterocycles. The summed E-state index contributed by atoms with van der Waals surface area (Å²) >= 11 is 0. The molecule has 131 valence electrons. The summed E-state index contributed by atoms with van der Waals surface area (Å²) in [5.74, 6) is -2.11. The first-order chi connectivity index (χ1) is 11.5.